The average Bonchev–Trinajstić information content (AvgIpc) is 3.03. The highest BCUT2D eigenvalue weighted by molar-refractivity contribution is 7.74. The fraction of sp³-hybridized carbons (Fsp3) is 0.714. The standard InChI is InChI=1S/C42H72P.HI/c1-3-5-7-9-11-13-15-17-19-21-23-31-37-43(39-41-33-27-25-28-34-41,40-42-35-29-26-30-36-42)38-32-24-22-20-18-16-14-12-10-8-6-4-2;/h25-30,33-36H,3-24,31-32,37-40H2,1-2H3;1H/q+1;/p-1. The minimum atomic E-state index is -1.10. The third-order valence-corrected chi connectivity index (χ3v) is 14.3. The molecule has 0 nitrogen and oxygen atoms in total. The van der Waals surface area contributed by atoms with Crippen molar-refractivity contribution in [3.05, 3.63) is 71.8 Å². The molecule has 252 valence electrons. The third kappa shape index (κ3) is 22.2. The van der Waals surface area contributed by atoms with Crippen LogP contribution in [0.4, 0.5) is 0 Å². The number of halogens is 1. The summed E-state index contributed by atoms with van der Waals surface area (Å²) < 4.78 is 0. The summed E-state index contributed by atoms with van der Waals surface area (Å²) in [5, 5.41) is 0. The molecule has 0 spiro atoms. The van der Waals surface area contributed by atoms with Crippen molar-refractivity contribution in [2.24, 2.45) is 0 Å². The van der Waals surface area contributed by atoms with Crippen molar-refractivity contribution in [3.63, 3.8) is 0 Å². The van der Waals surface area contributed by atoms with Crippen LogP contribution in [0.1, 0.15) is 179 Å². The van der Waals surface area contributed by atoms with Gasteiger partial charge in [-0.15, -0.1) is 0 Å². The maximum absolute atomic E-state index is 2.41. The summed E-state index contributed by atoms with van der Waals surface area (Å²) in [6, 6.07) is 23.1. The number of unbranched alkanes of at least 4 members (excludes halogenated alkanes) is 22. The molecule has 0 unspecified atom stereocenters. The molecule has 0 aliphatic heterocycles. The molecule has 0 N–H and O–H groups in total. The SMILES string of the molecule is CCCCCCCCCCCCCC[P+](CCCCCCCCCCCCCC)(Cc1ccccc1)Cc1ccccc1.[I-]. The van der Waals surface area contributed by atoms with Gasteiger partial charge in [0.25, 0.3) is 0 Å². The highest BCUT2D eigenvalue weighted by Crippen LogP contribution is 2.65. The molecule has 0 aromatic heterocycles. The van der Waals surface area contributed by atoms with Crippen molar-refractivity contribution in [3.8, 4) is 0 Å². The lowest BCUT2D eigenvalue weighted by Gasteiger charge is -2.29. The molecule has 0 fully saturated rings. The van der Waals surface area contributed by atoms with Crippen molar-refractivity contribution < 1.29 is 24.0 Å². The monoisotopic (exact) mass is 734 g/mol. The van der Waals surface area contributed by atoms with E-state index in [0.717, 1.165) is 0 Å². The van der Waals surface area contributed by atoms with E-state index in [1.54, 1.807) is 11.1 Å². The van der Waals surface area contributed by atoms with Crippen molar-refractivity contribution in [2.75, 3.05) is 12.3 Å². The first-order valence-electron chi connectivity index (χ1n) is 19.2. The zero-order chi connectivity index (χ0) is 30.5. The lowest BCUT2D eigenvalue weighted by Crippen LogP contribution is -3.00. The number of rotatable bonds is 30. The first-order valence-corrected chi connectivity index (χ1v) is 21.7. The maximum Gasteiger partial charge on any atom is 0.0846 e. The van der Waals surface area contributed by atoms with Gasteiger partial charge in [-0.2, -0.15) is 0 Å². The normalized spacial score (nSPS) is 11.5. The van der Waals surface area contributed by atoms with Gasteiger partial charge in [0.05, 0.1) is 24.6 Å². The van der Waals surface area contributed by atoms with Crippen molar-refractivity contribution in [1.29, 1.82) is 0 Å². The van der Waals surface area contributed by atoms with Crippen LogP contribution in [0.15, 0.2) is 60.7 Å². The summed E-state index contributed by atoms with van der Waals surface area (Å²) in [4.78, 5) is 0. The quantitative estimate of drug-likeness (QED) is 0.0426. The fourth-order valence-corrected chi connectivity index (χ4v) is 11.7. The minimum absolute atomic E-state index is 0. The Hall–Kier alpha value is -0.400. The van der Waals surface area contributed by atoms with Gasteiger partial charge in [0.15, 0.2) is 0 Å². The van der Waals surface area contributed by atoms with Gasteiger partial charge in [0, 0.05) is 7.26 Å². The topological polar surface area (TPSA) is 0 Å². The van der Waals surface area contributed by atoms with E-state index in [0.29, 0.717) is 0 Å². The van der Waals surface area contributed by atoms with E-state index in [4.69, 9.17) is 0 Å². The second-order valence-corrected chi connectivity index (χ2v) is 18.1. The second-order valence-electron chi connectivity index (χ2n) is 13.9. The van der Waals surface area contributed by atoms with Gasteiger partial charge < -0.3 is 24.0 Å². The summed E-state index contributed by atoms with van der Waals surface area (Å²) >= 11 is 0. The number of hydrogen-bond acceptors (Lipinski definition) is 0. The van der Waals surface area contributed by atoms with Crippen LogP contribution in [0.3, 0.4) is 0 Å². The van der Waals surface area contributed by atoms with Crippen LogP contribution in [0.25, 0.3) is 0 Å². The van der Waals surface area contributed by atoms with Crippen LogP contribution < -0.4 is 24.0 Å². The lowest BCUT2D eigenvalue weighted by atomic mass is 10.1. The molecular weight excluding hydrogens is 662 g/mol. The molecule has 0 heterocycles. The van der Waals surface area contributed by atoms with Gasteiger partial charge >= 0.3 is 0 Å². The van der Waals surface area contributed by atoms with Crippen molar-refractivity contribution >= 4 is 7.26 Å². The Labute approximate surface area is 294 Å². The third-order valence-electron chi connectivity index (χ3n) is 9.69. The highest BCUT2D eigenvalue weighted by Gasteiger charge is 2.36. The molecule has 0 amide bonds. The molecule has 0 aliphatic rings. The largest absolute Gasteiger partial charge is 1.00 e. The van der Waals surface area contributed by atoms with Crippen LogP contribution >= 0.6 is 7.26 Å². The van der Waals surface area contributed by atoms with Crippen LogP contribution in [-0.2, 0) is 12.3 Å². The van der Waals surface area contributed by atoms with Gasteiger partial charge in [-0.3, -0.25) is 0 Å². The van der Waals surface area contributed by atoms with E-state index in [-0.39, 0.29) is 24.0 Å². The van der Waals surface area contributed by atoms with E-state index in [1.807, 2.05) is 0 Å². The smallest absolute Gasteiger partial charge is 0.0846 e. The van der Waals surface area contributed by atoms with E-state index in [2.05, 4.69) is 74.5 Å². The number of hydrogen-bond donors (Lipinski definition) is 0. The van der Waals surface area contributed by atoms with Crippen LogP contribution in [0, 0.1) is 0 Å². The van der Waals surface area contributed by atoms with E-state index >= 15 is 0 Å². The Morgan fingerprint density at radius 1 is 0.341 bits per heavy atom. The first kappa shape index (κ1) is 41.6. The van der Waals surface area contributed by atoms with Crippen molar-refractivity contribution in [1.82, 2.24) is 0 Å². The van der Waals surface area contributed by atoms with Gasteiger partial charge in [-0.1, -0.05) is 203 Å². The predicted molar refractivity (Wildman–Crippen MR) is 199 cm³/mol. The van der Waals surface area contributed by atoms with Gasteiger partial charge in [0.1, 0.15) is 0 Å². The van der Waals surface area contributed by atoms with Gasteiger partial charge in [0.2, 0.25) is 0 Å². The predicted octanol–water partition coefficient (Wildman–Crippen LogP) is 11.8. The first-order chi connectivity index (χ1) is 21.3. The van der Waals surface area contributed by atoms with Crippen LogP contribution in [0.2, 0.25) is 0 Å². The summed E-state index contributed by atoms with van der Waals surface area (Å²) in [6.07, 6.45) is 40.4. The molecule has 0 radical (unpaired) electrons. The van der Waals surface area contributed by atoms with Crippen molar-refractivity contribution in [2.45, 2.75) is 180 Å². The van der Waals surface area contributed by atoms with E-state index in [9.17, 15) is 0 Å². The minimum Gasteiger partial charge on any atom is -1.00 e. The number of benzene rings is 2. The van der Waals surface area contributed by atoms with Gasteiger partial charge in [-0.25, -0.2) is 0 Å². The molecule has 0 aliphatic carbocycles. The lowest BCUT2D eigenvalue weighted by molar-refractivity contribution is -0.00000941. The molecule has 0 atom stereocenters. The zero-order valence-corrected chi connectivity index (χ0v) is 32.4. The summed E-state index contributed by atoms with van der Waals surface area (Å²) in [7, 11) is -1.10. The van der Waals surface area contributed by atoms with Crippen LogP contribution in [-0.4, -0.2) is 12.3 Å². The Bertz CT molecular complexity index is 764. The molecule has 2 heteroatoms. The zero-order valence-electron chi connectivity index (χ0n) is 29.4. The molecule has 44 heavy (non-hydrogen) atoms. The van der Waals surface area contributed by atoms with E-state index in [1.165, 1.54) is 179 Å². The Morgan fingerprint density at radius 3 is 0.864 bits per heavy atom. The Morgan fingerprint density at radius 2 is 0.591 bits per heavy atom. The summed E-state index contributed by atoms with van der Waals surface area (Å²) in [5.74, 6) is 0. The molecule has 2 aromatic carbocycles. The molecule has 0 saturated carbocycles. The average molecular weight is 735 g/mol. The summed E-state index contributed by atoms with van der Waals surface area (Å²) in [6.45, 7) is 4.63. The van der Waals surface area contributed by atoms with Gasteiger partial charge in [-0.05, 0) is 36.8 Å². The molecule has 0 saturated heterocycles. The molecule has 2 aromatic rings. The molecular formula is C42H72IP. The van der Waals surface area contributed by atoms with Crippen LogP contribution in [0.5, 0.6) is 0 Å². The molecule has 0 bridgehead atoms. The second kappa shape index (κ2) is 30.0. The Balaban J connectivity index is 0.00000968. The molecule has 2 rings (SSSR count). The fourth-order valence-electron chi connectivity index (χ4n) is 7.00. The van der Waals surface area contributed by atoms with E-state index < -0.39 is 7.26 Å². The Kier molecular flexibility index (Phi) is 28.3. The summed E-state index contributed by atoms with van der Waals surface area (Å²) in [5.41, 5.74) is 3.18. The highest BCUT2D eigenvalue weighted by atomic mass is 127. The maximum atomic E-state index is 2.41.